The Morgan fingerprint density at radius 2 is 1.73 bits per heavy atom. The van der Waals surface area contributed by atoms with Crippen LogP contribution in [-0.2, 0) is 14.3 Å². The zero-order valence-corrected chi connectivity index (χ0v) is 22.5. The Labute approximate surface area is 232 Å². The highest BCUT2D eigenvalue weighted by molar-refractivity contribution is 6.01. The summed E-state index contributed by atoms with van der Waals surface area (Å²) in [5.41, 5.74) is 8.27. The average molecular weight is 548 g/mol. The number of hydrogen-bond acceptors (Lipinski definition) is 8. The first-order valence-corrected chi connectivity index (χ1v) is 12.5. The molecule has 210 valence electrons. The molecule has 0 radical (unpaired) electrons. The Hall–Kier alpha value is -4.83. The second-order valence-electron chi connectivity index (χ2n) is 8.85. The highest BCUT2D eigenvalue weighted by Gasteiger charge is 2.28. The second kappa shape index (κ2) is 14.4. The van der Waals surface area contributed by atoms with Crippen molar-refractivity contribution >= 4 is 34.8 Å². The summed E-state index contributed by atoms with van der Waals surface area (Å²) in [6.07, 6.45) is 1.58. The number of benzene rings is 3. The molecule has 0 fully saturated rings. The van der Waals surface area contributed by atoms with Crippen LogP contribution in [0.15, 0.2) is 78.9 Å². The van der Waals surface area contributed by atoms with E-state index in [-0.39, 0.29) is 23.2 Å². The number of rotatable bonds is 12. The number of ketones is 1. The second-order valence-corrected chi connectivity index (χ2v) is 8.85. The third kappa shape index (κ3) is 8.34. The topological polar surface area (TPSA) is 149 Å². The molecule has 0 heterocycles. The fourth-order valence-electron chi connectivity index (χ4n) is 3.92. The van der Waals surface area contributed by atoms with Crippen molar-refractivity contribution in [2.24, 2.45) is 0 Å². The molecule has 10 heteroatoms. The van der Waals surface area contributed by atoms with E-state index in [1.807, 2.05) is 0 Å². The molecule has 0 aromatic heterocycles. The number of allylic oxidation sites excluding steroid dienone is 1. The van der Waals surface area contributed by atoms with Gasteiger partial charge in [0, 0.05) is 18.4 Å². The minimum absolute atomic E-state index is 0.0906. The average Bonchev–Trinajstić information content (AvgIpc) is 2.93. The molecule has 0 spiro atoms. The van der Waals surface area contributed by atoms with E-state index in [0.29, 0.717) is 41.0 Å². The van der Waals surface area contributed by atoms with Gasteiger partial charge in [0.25, 0.3) is 0 Å². The summed E-state index contributed by atoms with van der Waals surface area (Å²) < 4.78 is 16.6. The normalized spacial score (nSPS) is 12.4. The first-order chi connectivity index (χ1) is 19.2. The number of ether oxygens (including phenoxy) is 3. The number of amides is 2. The first kappa shape index (κ1) is 29.7. The van der Waals surface area contributed by atoms with Crippen LogP contribution < -0.4 is 21.1 Å². The number of nitrogens with two attached hydrogens (primary N) is 1. The maximum atomic E-state index is 12.8. The Bertz CT molecular complexity index is 1360. The lowest BCUT2D eigenvalue weighted by Crippen LogP contribution is -2.28. The van der Waals surface area contributed by atoms with Gasteiger partial charge in [0.1, 0.15) is 0 Å². The fraction of sp³-hybridized carbons (Fsp3) is 0.233. The van der Waals surface area contributed by atoms with E-state index in [2.05, 4.69) is 10.6 Å². The van der Waals surface area contributed by atoms with E-state index in [1.165, 1.54) is 33.3 Å². The molecule has 3 aromatic rings. The fourth-order valence-corrected chi connectivity index (χ4v) is 3.92. The molecule has 2 atom stereocenters. The van der Waals surface area contributed by atoms with E-state index < -0.39 is 18.3 Å². The van der Waals surface area contributed by atoms with Gasteiger partial charge in [0.15, 0.2) is 23.4 Å². The third-order valence-corrected chi connectivity index (χ3v) is 6.05. The number of phenolic OH excluding ortho intramolecular Hbond substituents is 1. The molecule has 40 heavy (non-hydrogen) atoms. The predicted octanol–water partition coefficient (Wildman–Crippen LogP) is 5.47. The van der Waals surface area contributed by atoms with Gasteiger partial charge in [-0.1, -0.05) is 24.3 Å². The number of carbonyl (C=O) groups excluding carboxylic acids is 3. The lowest BCUT2D eigenvalue weighted by molar-refractivity contribution is -0.111. The van der Waals surface area contributed by atoms with Gasteiger partial charge in [-0.15, -0.1) is 0 Å². The molecular formula is C30H33N3O7. The van der Waals surface area contributed by atoms with Gasteiger partial charge in [-0.3, -0.25) is 14.9 Å². The van der Waals surface area contributed by atoms with Crippen LogP contribution in [0.25, 0.3) is 0 Å². The minimum Gasteiger partial charge on any atom is -0.504 e. The molecule has 2 amide bonds. The van der Waals surface area contributed by atoms with Crippen molar-refractivity contribution in [3.63, 3.8) is 0 Å². The SMILES string of the molecule is COc1ccc([C@H](OC(=O)Nc2ccc(C(C)=O)cc2)[C@H](CC/C=C/C(=O)Nc2ccccc2N)OC)cc1O. The van der Waals surface area contributed by atoms with E-state index in [1.54, 1.807) is 66.7 Å². The Kier molecular flexibility index (Phi) is 10.7. The number of para-hydroxylation sites is 2. The van der Waals surface area contributed by atoms with E-state index in [9.17, 15) is 19.5 Å². The largest absolute Gasteiger partial charge is 0.504 e. The third-order valence-electron chi connectivity index (χ3n) is 6.05. The Morgan fingerprint density at radius 1 is 1.00 bits per heavy atom. The molecule has 3 rings (SSSR count). The number of phenols is 1. The molecule has 0 aliphatic rings. The number of nitrogen functional groups attached to an aromatic ring is 1. The van der Waals surface area contributed by atoms with Gasteiger partial charge < -0.3 is 30.4 Å². The summed E-state index contributed by atoms with van der Waals surface area (Å²) in [6.45, 7) is 1.46. The molecule has 0 bridgehead atoms. The molecule has 0 saturated carbocycles. The first-order valence-electron chi connectivity index (χ1n) is 12.5. The Balaban J connectivity index is 1.71. The van der Waals surface area contributed by atoms with E-state index in [4.69, 9.17) is 19.9 Å². The molecule has 0 saturated heterocycles. The smallest absolute Gasteiger partial charge is 0.412 e. The van der Waals surface area contributed by atoms with Crippen LogP contribution in [0.3, 0.4) is 0 Å². The number of carbonyl (C=O) groups is 3. The summed E-state index contributed by atoms with van der Waals surface area (Å²) in [5.74, 6) is -0.290. The summed E-state index contributed by atoms with van der Waals surface area (Å²) in [5, 5.41) is 15.7. The maximum absolute atomic E-state index is 12.8. The molecular weight excluding hydrogens is 514 g/mol. The van der Waals surface area contributed by atoms with Crippen molar-refractivity contribution in [3.05, 3.63) is 90.0 Å². The predicted molar refractivity (Wildman–Crippen MR) is 153 cm³/mol. The number of anilines is 3. The number of methoxy groups -OCH3 is 2. The van der Waals surface area contributed by atoms with Crippen molar-refractivity contribution in [2.75, 3.05) is 30.6 Å². The standard InChI is InChI=1S/C30H33N3O7/c1-19(34)20-12-15-22(16-13-20)32-30(37)40-29(21-14-17-26(38-2)25(35)18-21)27(39-3)10-6-7-11-28(36)33-24-9-5-4-8-23(24)31/h4-5,7-9,11-18,27,29,35H,6,10,31H2,1-3H3,(H,32,37)(H,33,36)/b11-7+/t27-,29-/m0/s1. The molecule has 5 N–H and O–H groups in total. The summed E-state index contributed by atoms with van der Waals surface area (Å²) >= 11 is 0. The van der Waals surface area contributed by atoms with Crippen LogP contribution >= 0.6 is 0 Å². The number of nitrogens with one attached hydrogen (secondary N) is 2. The highest BCUT2D eigenvalue weighted by Crippen LogP contribution is 2.34. The quantitative estimate of drug-likeness (QED) is 0.133. The van der Waals surface area contributed by atoms with Crippen molar-refractivity contribution in [2.45, 2.75) is 32.0 Å². The van der Waals surface area contributed by atoms with Crippen molar-refractivity contribution in [1.29, 1.82) is 0 Å². The molecule has 0 unspecified atom stereocenters. The lowest BCUT2D eigenvalue weighted by atomic mass is 9.99. The molecule has 0 aliphatic carbocycles. The zero-order chi connectivity index (χ0) is 29.1. The van der Waals surface area contributed by atoms with Crippen molar-refractivity contribution < 1.29 is 33.7 Å². The van der Waals surface area contributed by atoms with Gasteiger partial charge in [-0.25, -0.2) is 4.79 Å². The van der Waals surface area contributed by atoms with Crippen LogP contribution in [0.4, 0.5) is 21.9 Å². The minimum atomic E-state index is -0.912. The summed E-state index contributed by atoms with van der Waals surface area (Å²) in [6, 6.07) is 18.0. The van der Waals surface area contributed by atoms with Gasteiger partial charge in [0.2, 0.25) is 5.91 Å². The van der Waals surface area contributed by atoms with Crippen LogP contribution in [0.5, 0.6) is 11.5 Å². The molecule has 0 aliphatic heterocycles. The van der Waals surface area contributed by atoms with Crippen molar-refractivity contribution in [1.82, 2.24) is 0 Å². The van der Waals surface area contributed by atoms with Gasteiger partial charge in [-0.2, -0.15) is 0 Å². The van der Waals surface area contributed by atoms with E-state index in [0.717, 1.165) is 0 Å². The Morgan fingerprint density at radius 3 is 2.35 bits per heavy atom. The number of hydrogen-bond donors (Lipinski definition) is 4. The van der Waals surface area contributed by atoms with E-state index >= 15 is 0 Å². The van der Waals surface area contributed by atoms with Crippen LogP contribution in [0, 0.1) is 0 Å². The molecule has 10 nitrogen and oxygen atoms in total. The van der Waals surface area contributed by atoms with Gasteiger partial charge in [0.05, 0.1) is 24.6 Å². The van der Waals surface area contributed by atoms with Gasteiger partial charge in [-0.05, 0) is 79.9 Å². The van der Waals surface area contributed by atoms with Crippen LogP contribution in [0.1, 0.15) is 41.8 Å². The number of Topliss-reactive ketones (excluding diaryl/α,β-unsaturated/α-hetero) is 1. The monoisotopic (exact) mass is 547 g/mol. The lowest BCUT2D eigenvalue weighted by Gasteiger charge is -2.26. The van der Waals surface area contributed by atoms with Crippen LogP contribution in [0.2, 0.25) is 0 Å². The zero-order valence-electron chi connectivity index (χ0n) is 22.5. The highest BCUT2D eigenvalue weighted by atomic mass is 16.6. The number of aromatic hydroxyl groups is 1. The summed E-state index contributed by atoms with van der Waals surface area (Å²) in [7, 11) is 2.91. The maximum Gasteiger partial charge on any atom is 0.412 e. The van der Waals surface area contributed by atoms with Crippen LogP contribution in [-0.4, -0.2) is 43.2 Å². The summed E-state index contributed by atoms with van der Waals surface area (Å²) in [4.78, 5) is 36.6. The van der Waals surface area contributed by atoms with Gasteiger partial charge >= 0.3 is 6.09 Å². The molecule has 3 aromatic carbocycles. The van der Waals surface area contributed by atoms with Crippen molar-refractivity contribution in [3.8, 4) is 11.5 Å².